The Bertz CT molecular complexity index is 1090. The van der Waals surface area contributed by atoms with Crippen molar-refractivity contribution in [1.82, 2.24) is 15.0 Å². The Labute approximate surface area is 165 Å². The van der Waals surface area contributed by atoms with E-state index in [9.17, 15) is 14.0 Å². The molecule has 2 heterocycles. The van der Waals surface area contributed by atoms with Gasteiger partial charge < -0.3 is 22.1 Å². The van der Waals surface area contributed by atoms with Gasteiger partial charge >= 0.3 is 0 Å². The van der Waals surface area contributed by atoms with Gasteiger partial charge in [0.15, 0.2) is 17.3 Å². The molecule has 2 amide bonds. The fraction of sp³-hybridized carbons (Fsp3) is 0.211. The Morgan fingerprint density at radius 1 is 1.17 bits per heavy atom. The number of fused-ring (bicyclic) bond motifs is 1. The first-order chi connectivity index (χ1) is 13.8. The number of nitrogens with zero attached hydrogens (tertiary/aromatic N) is 3. The van der Waals surface area contributed by atoms with Crippen LogP contribution in [-0.4, -0.2) is 32.8 Å². The Balaban J connectivity index is 1.95. The molecule has 10 heteroatoms. The number of nitrogens with two attached hydrogens (primary N) is 2. The molecule has 0 bridgehead atoms. The van der Waals surface area contributed by atoms with E-state index in [1.807, 2.05) is 0 Å². The molecular formula is C19H20FN7O2. The monoisotopic (exact) mass is 397 g/mol. The van der Waals surface area contributed by atoms with E-state index >= 15 is 0 Å². The van der Waals surface area contributed by atoms with Crippen molar-refractivity contribution < 1.29 is 14.0 Å². The largest absolute Gasteiger partial charge is 0.369 e. The Morgan fingerprint density at radius 2 is 1.93 bits per heavy atom. The smallest absolute Gasteiger partial charge is 0.271 e. The number of nitrogens with one attached hydrogen (secondary N) is 2. The molecule has 0 aliphatic heterocycles. The third-order valence-electron chi connectivity index (χ3n) is 4.50. The predicted molar refractivity (Wildman–Crippen MR) is 107 cm³/mol. The van der Waals surface area contributed by atoms with Gasteiger partial charge in [-0.25, -0.2) is 14.4 Å². The molecule has 150 valence electrons. The third-order valence-corrected chi connectivity index (χ3v) is 4.50. The van der Waals surface area contributed by atoms with Crippen molar-refractivity contribution in [1.29, 1.82) is 0 Å². The maximum atomic E-state index is 14.3. The van der Waals surface area contributed by atoms with Crippen LogP contribution < -0.4 is 22.1 Å². The number of primary amides is 2. The summed E-state index contributed by atoms with van der Waals surface area (Å²) in [5.74, 6) is -1.92. The molecular weight excluding hydrogens is 377 g/mol. The van der Waals surface area contributed by atoms with Crippen molar-refractivity contribution in [3.63, 3.8) is 0 Å². The fourth-order valence-corrected chi connectivity index (χ4v) is 2.69. The van der Waals surface area contributed by atoms with Gasteiger partial charge in [-0.1, -0.05) is 13.0 Å². The summed E-state index contributed by atoms with van der Waals surface area (Å²) >= 11 is 0. The minimum absolute atomic E-state index is 0.0454. The third kappa shape index (κ3) is 4.37. The molecule has 0 fully saturated rings. The summed E-state index contributed by atoms with van der Waals surface area (Å²) in [6.07, 6.45) is 2.82. The van der Waals surface area contributed by atoms with E-state index in [4.69, 9.17) is 11.5 Å². The number of hydrogen-bond acceptors (Lipinski definition) is 7. The van der Waals surface area contributed by atoms with Crippen LogP contribution in [0.15, 0.2) is 36.7 Å². The first kappa shape index (κ1) is 19.9. The maximum absolute atomic E-state index is 14.3. The highest BCUT2D eigenvalue weighted by Crippen LogP contribution is 2.25. The van der Waals surface area contributed by atoms with Crippen molar-refractivity contribution >= 4 is 40.0 Å². The zero-order valence-corrected chi connectivity index (χ0v) is 15.8. The van der Waals surface area contributed by atoms with Gasteiger partial charge in [0.1, 0.15) is 11.3 Å². The molecule has 1 aromatic carbocycles. The average molecular weight is 397 g/mol. The second-order valence-corrected chi connectivity index (χ2v) is 6.60. The lowest BCUT2D eigenvalue weighted by molar-refractivity contribution is -0.121. The number of aromatic nitrogens is 3. The summed E-state index contributed by atoms with van der Waals surface area (Å²) in [7, 11) is 0. The molecule has 2 atom stereocenters. The van der Waals surface area contributed by atoms with E-state index in [-0.39, 0.29) is 23.1 Å². The zero-order chi connectivity index (χ0) is 21.1. The normalized spacial score (nSPS) is 12.9. The van der Waals surface area contributed by atoms with Crippen LogP contribution >= 0.6 is 0 Å². The highest BCUT2D eigenvalue weighted by atomic mass is 19.1. The van der Waals surface area contributed by atoms with Crippen molar-refractivity contribution in [2.75, 3.05) is 10.6 Å². The van der Waals surface area contributed by atoms with Gasteiger partial charge in [-0.3, -0.25) is 14.6 Å². The molecule has 0 radical (unpaired) electrons. The van der Waals surface area contributed by atoms with Gasteiger partial charge in [0.25, 0.3) is 5.91 Å². The van der Waals surface area contributed by atoms with Crippen LogP contribution in [0.1, 0.15) is 24.3 Å². The molecule has 0 spiro atoms. The minimum Gasteiger partial charge on any atom is -0.369 e. The van der Waals surface area contributed by atoms with Gasteiger partial charge in [-0.2, -0.15) is 0 Å². The predicted octanol–water partition coefficient (Wildman–Crippen LogP) is 1.93. The molecule has 3 rings (SSSR count). The summed E-state index contributed by atoms with van der Waals surface area (Å²) < 4.78 is 14.3. The van der Waals surface area contributed by atoms with Crippen LogP contribution in [0.2, 0.25) is 0 Å². The average Bonchev–Trinajstić information content (AvgIpc) is 2.67. The lowest BCUT2D eigenvalue weighted by Crippen LogP contribution is -2.34. The molecule has 29 heavy (non-hydrogen) atoms. The Morgan fingerprint density at radius 3 is 2.62 bits per heavy atom. The van der Waals surface area contributed by atoms with Crippen LogP contribution in [0, 0.1) is 11.7 Å². The van der Waals surface area contributed by atoms with E-state index < -0.39 is 23.5 Å². The van der Waals surface area contributed by atoms with E-state index in [1.54, 1.807) is 32.0 Å². The molecule has 0 aliphatic rings. The first-order valence-corrected chi connectivity index (χ1v) is 8.80. The van der Waals surface area contributed by atoms with E-state index in [2.05, 4.69) is 25.6 Å². The number of carbonyl (C=O) groups is 2. The molecule has 2 unspecified atom stereocenters. The maximum Gasteiger partial charge on any atom is 0.271 e. The summed E-state index contributed by atoms with van der Waals surface area (Å²) in [4.78, 5) is 35.4. The Hall–Kier alpha value is -3.82. The second kappa shape index (κ2) is 8.05. The molecule has 6 N–H and O–H groups in total. The van der Waals surface area contributed by atoms with Crippen LogP contribution in [0.25, 0.3) is 10.9 Å². The van der Waals surface area contributed by atoms with Crippen LogP contribution in [-0.2, 0) is 4.79 Å². The molecule has 3 aromatic rings. The number of anilines is 3. The number of hydrogen-bond donors (Lipinski definition) is 4. The minimum atomic E-state index is -0.798. The van der Waals surface area contributed by atoms with Crippen LogP contribution in [0.3, 0.4) is 0 Å². The molecule has 9 nitrogen and oxygen atoms in total. The molecule has 0 aliphatic carbocycles. The number of benzene rings is 1. The van der Waals surface area contributed by atoms with Crippen molar-refractivity contribution in [2.45, 2.75) is 19.9 Å². The number of carbonyl (C=O) groups excluding carboxylic acids is 2. The fourth-order valence-electron chi connectivity index (χ4n) is 2.69. The van der Waals surface area contributed by atoms with Gasteiger partial charge in [-0.15, -0.1) is 0 Å². The lowest BCUT2D eigenvalue weighted by Gasteiger charge is -2.19. The zero-order valence-electron chi connectivity index (χ0n) is 15.8. The lowest BCUT2D eigenvalue weighted by atomic mass is 10.0. The van der Waals surface area contributed by atoms with Gasteiger partial charge in [-0.05, 0) is 25.1 Å². The highest BCUT2D eigenvalue weighted by molar-refractivity contribution is 5.96. The van der Waals surface area contributed by atoms with Crippen molar-refractivity contribution in [2.24, 2.45) is 17.4 Å². The Kier molecular flexibility index (Phi) is 5.53. The number of amides is 2. The topological polar surface area (TPSA) is 149 Å². The summed E-state index contributed by atoms with van der Waals surface area (Å²) in [5.41, 5.74) is 11.2. The van der Waals surface area contributed by atoms with Gasteiger partial charge in [0.05, 0.1) is 12.1 Å². The van der Waals surface area contributed by atoms with E-state index in [0.717, 1.165) is 0 Å². The van der Waals surface area contributed by atoms with Crippen LogP contribution in [0.4, 0.5) is 21.7 Å². The number of halogens is 1. The summed E-state index contributed by atoms with van der Waals surface area (Å²) in [5, 5.41) is 6.46. The standard InChI is InChI=1S/C19H20FN7O2/c1-9(17(21)28)10(2)25-14-8-24-16(18(22)29)19(27-14)26-12-6-11-4-3-5-23-15(11)13(20)7-12/h3-10H,1-2H3,(H2,21,28)(H2,22,29)(H2,25,26,27). The number of pyridine rings is 1. The molecule has 0 saturated carbocycles. The quantitative estimate of drug-likeness (QED) is 0.476. The second-order valence-electron chi connectivity index (χ2n) is 6.60. The van der Waals surface area contributed by atoms with Gasteiger partial charge in [0.2, 0.25) is 5.91 Å². The number of rotatable bonds is 7. The van der Waals surface area contributed by atoms with E-state index in [1.165, 1.54) is 18.5 Å². The van der Waals surface area contributed by atoms with Crippen molar-refractivity contribution in [3.8, 4) is 0 Å². The molecule has 0 saturated heterocycles. The first-order valence-electron chi connectivity index (χ1n) is 8.80. The van der Waals surface area contributed by atoms with Crippen molar-refractivity contribution in [3.05, 3.63) is 48.2 Å². The van der Waals surface area contributed by atoms with Crippen LogP contribution in [0.5, 0.6) is 0 Å². The SMILES string of the molecule is CC(Nc1cnc(C(N)=O)c(Nc2cc(F)c3ncccc3c2)n1)C(C)C(N)=O. The van der Waals surface area contributed by atoms with Gasteiger partial charge in [0, 0.05) is 23.3 Å². The van der Waals surface area contributed by atoms with E-state index in [0.29, 0.717) is 16.9 Å². The molecule has 2 aromatic heterocycles. The summed E-state index contributed by atoms with van der Waals surface area (Å²) in [6.45, 7) is 3.44. The summed E-state index contributed by atoms with van der Waals surface area (Å²) in [6, 6.07) is 5.96. The highest BCUT2D eigenvalue weighted by Gasteiger charge is 2.20.